The molecule has 0 aliphatic rings. The number of hydrogen-bond donors (Lipinski definition) is 0. The molecule has 0 aromatic rings. The third kappa shape index (κ3) is 7.66. The van der Waals surface area contributed by atoms with E-state index in [2.05, 4.69) is 13.5 Å². The monoisotopic (exact) mass is 144 g/mol. The summed E-state index contributed by atoms with van der Waals surface area (Å²) in [6, 6.07) is 0. The van der Waals surface area contributed by atoms with Crippen molar-refractivity contribution in [1.82, 2.24) is 0 Å². The summed E-state index contributed by atoms with van der Waals surface area (Å²) >= 11 is 0. The Morgan fingerprint density at radius 1 is 1.30 bits per heavy atom. The molecule has 10 heavy (non-hydrogen) atoms. The SMILES string of the molecule is C=CCOOCCCCC. The van der Waals surface area contributed by atoms with Crippen LogP contribution in [0.25, 0.3) is 0 Å². The van der Waals surface area contributed by atoms with Gasteiger partial charge in [-0.25, -0.2) is 9.78 Å². The quantitative estimate of drug-likeness (QED) is 0.236. The highest BCUT2D eigenvalue weighted by Gasteiger charge is 1.86. The summed E-state index contributed by atoms with van der Waals surface area (Å²) in [7, 11) is 0. The van der Waals surface area contributed by atoms with Crippen LogP contribution in [0.4, 0.5) is 0 Å². The molecular weight excluding hydrogens is 128 g/mol. The van der Waals surface area contributed by atoms with E-state index in [0.29, 0.717) is 13.2 Å². The average molecular weight is 144 g/mol. The van der Waals surface area contributed by atoms with Crippen molar-refractivity contribution in [2.45, 2.75) is 26.2 Å². The lowest BCUT2D eigenvalue weighted by molar-refractivity contribution is -0.286. The Bertz CT molecular complexity index is 71.7. The fourth-order valence-corrected chi connectivity index (χ4v) is 0.566. The summed E-state index contributed by atoms with van der Waals surface area (Å²) in [6.45, 7) is 6.82. The maximum absolute atomic E-state index is 4.80. The van der Waals surface area contributed by atoms with Gasteiger partial charge in [0.2, 0.25) is 0 Å². The molecule has 0 N–H and O–H groups in total. The van der Waals surface area contributed by atoms with Gasteiger partial charge in [0.1, 0.15) is 6.61 Å². The van der Waals surface area contributed by atoms with Crippen LogP contribution in [-0.4, -0.2) is 13.2 Å². The molecule has 2 nitrogen and oxygen atoms in total. The lowest BCUT2D eigenvalue weighted by atomic mass is 10.3. The predicted molar refractivity (Wildman–Crippen MR) is 41.6 cm³/mol. The maximum Gasteiger partial charge on any atom is 0.100 e. The molecule has 0 saturated carbocycles. The van der Waals surface area contributed by atoms with Crippen LogP contribution < -0.4 is 0 Å². The van der Waals surface area contributed by atoms with E-state index in [1.165, 1.54) is 12.8 Å². The van der Waals surface area contributed by atoms with Crippen LogP contribution in [0.1, 0.15) is 26.2 Å². The van der Waals surface area contributed by atoms with E-state index >= 15 is 0 Å². The molecule has 0 fully saturated rings. The number of unbranched alkanes of at least 4 members (excludes halogenated alkanes) is 2. The Hall–Kier alpha value is -0.340. The second-order valence-electron chi connectivity index (χ2n) is 2.10. The normalized spacial score (nSPS) is 9.70. The first-order valence-corrected chi connectivity index (χ1v) is 3.77. The minimum Gasteiger partial charge on any atom is -0.236 e. The first-order chi connectivity index (χ1) is 4.91. The molecule has 0 spiro atoms. The van der Waals surface area contributed by atoms with Gasteiger partial charge in [-0.05, 0) is 6.42 Å². The molecule has 0 rings (SSSR count). The van der Waals surface area contributed by atoms with E-state index in [4.69, 9.17) is 9.78 Å². The predicted octanol–water partition coefficient (Wildman–Crippen LogP) is 2.31. The maximum atomic E-state index is 4.80. The molecule has 0 aliphatic heterocycles. The van der Waals surface area contributed by atoms with Crippen molar-refractivity contribution in [1.29, 1.82) is 0 Å². The molecule has 0 radical (unpaired) electrons. The van der Waals surface area contributed by atoms with Crippen molar-refractivity contribution in [3.63, 3.8) is 0 Å². The van der Waals surface area contributed by atoms with Crippen LogP contribution in [0.15, 0.2) is 12.7 Å². The van der Waals surface area contributed by atoms with Crippen LogP contribution in [0, 0.1) is 0 Å². The summed E-state index contributed by atoms with van der Waals surface area (Å²) in [4.78, 5) is 9.52. The Labute approximate surface area is 62.8 Å². The lowest BCUT2D eigenvalue weighted by Gasteiger charge is -1.99. The summed E-state index contributed by atoms with van der Waals surface area (Å²) < 4.78 is 0. The van der Waals surface area contributed by atoms with Gasteiger partial charge < -0.3 is 0 Å². The van der Waals surface area contributed by atoms with Crippen LogP contribution in [0.3, 0.4) is 0 Å². The number of hydrogen-bond acceptors (Lipinski definition) is 2. The van der Waals surface area contributed by atoms with E-state index in [0.717, 1.165) is 6.42 Å². The minimum atomic E-state index is 0.478. The minimum absolute atomic E-state index is 0.478. The van der Waals surface area contributed by atoms with E-state index in [1.54, 1.807) is 6.08 Å². The van der Waals surface area contributed by atoms with Crippen molar-refractivity contribution in [3.05, 3.63) is 12.7 Å². The second kappa shape index (κ2) is 8.66. The molecule has 0 atom stereocenters. The molecule has 0 aromatic heterocycles. The van der Waals surface area contributed by atoms with Crippen molar-refractivity contribution in [3.8, 4) is 0 Å². The van der Waals surface area contributed by atoms with Gasteiger partial charge >= 0.3 is 0 Å². The van der Waals surface area contributed by atoms with Crippen LogP contribution in [-0.2, 0) is 9.78 Å². The standard InChI is InChI=1S/C8H16O2/c1-3-5-6-8-10-9-7-4-2/h4H,2-3,5-8H2,1H3. The van der Waals surface area contributed by atoms with Crippen molar-refractivity contribution >= 4 is 0 Å². The smallest absolute Gasteiger partial charge is 0.100 e. The van der Waals surface area contributed by atoms with E-state index in [1.807, 2.05) is 0 Å². The molecule has 60 valence electrons. The summed E-state index contributed by atoms with van der Waals surface area (Å²) in [5, 5.41) is 0. The second-order valence-corrected chi connectivity index (χ2v) is 2.10. The zero-order valence-electron chi connectivity index (χ0n) is 6.64. The van der Waals surface area contributed by atoms with Gasteiger partial charge in [0, 0.05) is 0 Å². The van der Waals surface area contributed by atoms with Gasteiger partial charge in [-0.3, -0.25) is 0 Å². The van der Waals surface area contributed by atoms with Gasteiger partial charge in [0.05, 0.1) is 6.61 Å². The molecule has 0 heterocycles. The highest BCUT2D eigenvalue weighted by molar-refractivity contribution is 4.62. The summed E-state index contributed by atoms with van der Waals surface area (Å²) in [6.07, 6.45) is 5.16. The van der Waals surface area contributed by atoms with Gasteiger partial charge in [-0.15, -0.1) is 6.58 Å². The van der Waals surface area contributed by atoms with Gasteiger partial charge in [-0.1, -0.05) is 25.8 Å². The topological polar surface area (TPSA) is 18.5 Å². The fourth-order valence-electron chi connectivity index (χ4n) is 0.566. The van der Waals surface area contributed by atoms with E-state index in [-0.39, 0.29) is 0 Å². The molecule has 0 bridgehead atoms. The van der Waals surface area contributed by atoms with Crippen LogP contribution >= 0.6 is 0 Å². The van der Waals surface area contributed by atoms with E-state index < -0.39 is 0 Å². The van der Waals surface area contributed by atoms with Gasteiger partial charge in [0.25, 0.3) is 0 Å². The molecule has 0 aliphatic carbocycles. The zero-order valence-corrected chi connectivity index (χ0v) is 6.64. The zero-order chi connectivity index (χ0) is 7.66. The Morgan fingerprint density at radius 2 is 2.10 bits per heavy atom. The summed E-state index contributed by atoms with van der Waals surface area (Å²) in [5.74, 6) is 0. The summed E-state index contributed by atoms with van der Waals surface area (Å²) in [5.41, 5.74) is 0. The Kier molecular flexibility index (Phi) is 8.37. The van der Waals surface area contributed by atoms with Gasteiger partial charge in [-0.2, -0.15) is 0 Å². The third-order valence-electron chi connectivity index (χ3n) is 1.10. The molecule has 0 unspecified atom stereocenters. The molecule has 2 heteroatoms. The number of rotatable bonds is 7. The molecule has 0 saturated heterocycles. The Balaban J connectivity index is 2.70. The highest BCUT2D eigenvalue weighted by Crippen LogP contribution is 1.93. The van der Waals surface area contributed by atoms with Crippen molar-refractivity contribution in [2.24, 2.45) is 0 Å². The average Bonchev–Trinajstić information content (AvgIpc) is 1.97. The first kappa shape index (κ1) is 9.66. The van der Waals surface area contributed by atoms with Gasteiger partial charge in [0.15, 0.2) is 0 Å². The first-order valence-electron chi connectivity index (χ1n) is 3.77. The van der Waals surface area contributed by atoms with E-state index in [9.17, 15) is 0 Å². The lowest BCUT2D eigenvalue weighted by Crippen LogP contribution is -1.96. The molecule has 0 aromatic carbocycles. The largest absolute Gasteiger partial charge is 0.236 e. The Morgan fingerprint density at radius 3 is 2.70 bits per heavy atom. The molecular formula is C8H16O2. The molecule has 0 amide bonds. The van der Waals surface area contributed by atoms with Crippen LogP contribution in [0.2, 0.25) is 0 Å². The third-order valence-corrected chi connectivity index (χ3v) is 1.10. The fraction of sp³-hybridized carbons (Fsp3) is 0.750. The van der Waals surface area contributed by atoms with Crippen molar-refractivity contribution in [2.75, 3.05) is 13.2 Å². The van der Waals surface area contributed by atoms with Crippen LogP contribution in [0.5, 0.6) is 0 Å². The highest BCUT2D eigenvalue weighted by atomic mass is 17.2. The van der Waals surface area contributed by atoms with Crippen molar-refractivity contribution < 1.29 is 9.78 Å².